The number of halogens is 1. The molecule has 0 aromatic heterocycles. The largest absolute Gasteiger partial charge is 0.382 e. The topological polar surface area (TPSA) is 12.0 Å². The van der Waals surface area contributed by atoms with Crippen LogP contribution in [0.1, 0.15) is 32.6 Å². The number of nitrogens with one attached hydrogen (secondary N) is 1. The fraction of sp³-hybridized carbons (Fsp3) is 0.538. The molecule has 2 heteroatoms. The predicted octanol–water partition coefficient (Wildman–Crippen LogP) is 4.33. The molecule has 1 N–H and O–H groups in total. The molecule has 1 aromatic rings. The first-order valence-electron chi connectivity index (χ1n) is 5.78. The summed E-state index contributed by atoms with van der Waals surface area (Å²) in [5.41, 5.74) is 1.14. The lowest BCUT2D eigenvalue weighted by Crippen LogP contribution is -2.23. The van der Waals surface area contributed by atoms with Crippen LogP contribution in [0.2, 0.25) is 5.02 Å². The minimum atomic E-state index is 0.561. The number of hydrogen-bond donors (Lipinski definition) is 1. The van der Waals surface area contributed by atoms with Gasteiger partial charge >= 0.3 is 0 Å². The van der Waals surface area contributed by atoms with Crippen molar-refractivity contribution in [3.8, 4) is 0 Å². The lowest BCUT2D eigenvalue weighted by atomic mass is 9.99. The van der Waals surface area contributed by atoms with E-state index in [0.717, 1.165) is 16.6 Å². The van der Waals surface area contributed by atoms with Crippen molar-refractivity contribution >= 4 is 17.3 Å². The van der Waals surface area contributed by atoms with E-state index in [1.807, 2.05) is 18.2 Å². The van der Waals surface area contributed by atoms with E-state index in [1.54, 1.807) is 0 Å². The maximum atomic E-state index is 5.95. The quantitative estimate of drug-likeness (QED) is 0.804. The van der Waals surface area contributed by atoms with Gasteiger partial charge in [-0.25, -0.2) is 0 Å². The molecule has 0 bridgehead atoms. The van der Waals surface area contributed by atoms with Gasteiger partial charge in [-0.1, -0.05) is 30.5 Å². The van der Waals surface area contributed by atoms with Gasteiger partial charge in [0.2, 0.25) is 0 Å². The molecule has 1 unspecified atom stereocenters. The summed E-state index contributed by atoms with van der Waals surface area (Å²) in [5, 5.41) is 4.34. The normalized spacial score (nSPS) is 19.1. The molecule has 1 saturated carbocycles. The van der Waals surface area contributed by atoms with Gasteiger partial charge in [-0.05, 0) is 43.9 Å². The Bertz CT molecular complexity index is 318. The molecule has 82 valence electrons. The van der Waals surface area contributed by atoms with Gasteiger partial charge in [0.15, 0.2) is 0 Å². The molecule has 0 heterocycles. The molecule has 0 radical (unpaired) electrons. The number of hydrogen-bond acceptors (Lipinski definition) is 1. The molecule has 2 rings (SSSR count). The van der Waals surface area contributed by atoms with Crippen LogP contribution in [0.4, 0.5) is 5.69 Å². The second kappa shape index (κ2) is 4.89. The van der Waals surface area contributed by atoms with Crippen molar-refractivity contribution < 1.29 is 0 Å². The van der Waals surface area contributed by atoms with Crippen LogP contribution >= 0.6 is 11.6 Å². The smallest absolute Gasteiger partial charge is 0.0426 e. The van der Waals surface area contributed by atoms with E-state index in [0.29, 0.717) is 6.04 Å². The molecular weight excluding hydrogens is 206 g/mol. The van der Waals surface area contributed by atoms with Crippen molar-refractivity contribution in [1.29, 1.82) is 0 Å². The van der Waals surface area contributed by atoms with Crippen LogP contribution < -0.4 is 5.32 Å². The summed E-state index contributed by atoms with van der Waals surface area (Å²) in [5.74, 6) is 0.837. The SMILES string of the molecule is CC(Nc1cccc(Cl)c1)C1CCCC1. The molecule has 1 aromatic carbocycles. The maximum absolute atomic E-state index is 5.95. The fourth-order valence-electron chi connectivity index (χ4n) is 2.42. The first-order valence-corrected chi connectivity index (χ1v) is 6.15. The molecule has 1 nitrogen and oxygen atoms in total. The van der Waals surface area contributed by atoms with Crippen LogP contribution in [0.25, 0.3) is 0 Å². The molecule has 15 heavy (non-hydrogen) atoms. The average Bonchev–Trinajstić information content (AvgIpc) is 2.70. The second-order valence-corrected chi connectivity index (χ2v) is 4.92. The zero-order chi connectivity index (χ0) is 10.7. The Hall–Kier alpha value is -0.690. The molecule has 1 fully saturated rings. The van der Waals surface area contributed by atoms with Crippen molar-refractivity contribution in [2.45, 2.75) is 38.6 Å². The van der Waals surface area contributed by atoms with E-state index in [1.165, 1.54) is 25.7 Å². The second-order valence-electron chi connectivity index (χ2n) is 4.49. The van der Waals surface area contributed by atoms with Crippen LogP contribution in [-0.4, -0.2) is 6.04 Å². The van der Waals surface area contributed by atoms with E-state index < -0.39 is 0 Å². The Balaban J connectivity index is 1.95. The molecule has 0 spiro atoms. The minimum Gasteiger partial charge on any atom is -0.382 e. The summed E-state index contributed by atoms with van der Waals surface area (Å²) in [6.45, 7) is 2.27. The van der Waals surface area contributed by atoms with Crippen molar-refractivity contribution in [2.24, 2.45) is 5.92 Å². The number of benzene rings is 1. The van der Waals surface area contributed by atoms with Gasteiger partial charge in [0.25, 0.3) is 0 Å². The van der Waals surface area contributed by atoms with Crippen molar-refractivity contribution in [1.82, 2.24) is 0 Å². The lowest BCUT2D eigenvalue weighted by Gasteiger charge is -2.21. The predicted molar refractivity (Wildman–Crippen MR) is 66.5 cm³/mol. The Morgan fingerprint density at radius 1 is 1.33 bits per heavy atom. The highest BCUT2D eigenvalue weighted by molar-refractivity contribution is 6.30. The van der Waals surface area contributed by atoms with E-state index in [2.05, 4.69) is 18.3 Å². The first kappa shape index (κ1) is 10.8. The molecule has 0 amide bonds. The molecule has 1 aliphatic rings. The van der Waals surface area contributed by atoms with Gasteiger partial charge < -0.3 is 5.32 Å². The van der Waals surface area contributed by atoms with Crippen LogP contribution in [0.5, 0.6) is 0 Å². The van der Waals surface area contributed by atoms with Crippen LogP contribution in [0, 0.1) is 5.92 Å². The monoisotopic (exact) mass is 223 g/mol. The van der Waals surface area contributed by atoms with Gasteiger partial charge in [0, 0.05) is 16.8 Å². The molecule has 0 aliphatic heterocycles. The highest BCUT2D eigenvalue weighted by atomic mass is 35.5. The maximum Gasteiger partial charge on any atom is 0.0426 e. The fourth-order valence-corrected chi connectivity index (χ4v) is 2.61. The lowest BCUT2D eigenvalue weighted by molar-refractivity contribution is 0.482. The van der Waals surface area contributed by atoms with Gasteiger partial charge in [0.1, 0.15) is 0 Å². The number of rotatable bonds is 3. The Morgan fingerprint density at radius 3 is 2.73 bits per heavy atom. The van der Waals surface area contributed by atoms with Gasteiger partial charge in [-0.3, -0.25) is 0 Å². The summed E-state index contributed by atoms with van der Waals surface area (Å²) in [6, 6.07) is 8.54. The minimum absolute atomic E-state index is 0.561. The Kier molecular flexibility index (Phi) is 3.53. The molecule has 0 saturated heterocycles. The van der Waals surface area contributed by atoms with Crippen molar-refractivity contribution in [3.63, 3.8) is 0 Å². The zero-order valence-electron chi connectivity index (χ0n) is 9.17. The standard InChI is InChI=1S/C13H18ClN/c1-10(11-5-2-3-6-11)15-13-8-4-7-12(14)9-13/h4,7-11,15H,2-3,5-6H2,1H3. The summed E-state index contributed by atoms with van der Waals surface area (Å²) in [4.78, 5) is 0. The molecular formula is C13H18ClN. The summed E-state index contributed by atoms with van der Waals surface area (Å²) >= 11 is 5.95. The number of anilines is 1. The molecule has 1 atom stereocenters. The highest BCUT2D eigenvalue weighted by Gasteiger charge is 2.21. The van der Waals surface area contributed by atoms with Gasteiger partial charge in [0.05, 0.1) is 0 Å². The van der Waals surface area contributed by atoms with E-state index in [-0.39, 0.29) is 0 Å². The third-order valence-corrected chi connectivity index (χ3v) is 3.56. The Morgan fingerprint density at radius 2 is 2.07 bits per heavy atom. The third kappa shape index (κ3) is 2.88. The molecule has 1 aliphatic carbocycles. The first-order chi connectivity index (χ1) is 7.25. The van der Waals surface area contributed by atoms with E-state index >= 15 is 0 Å². The summed E-state index contributed by atoms with van der Waals surface area (Å²) in [6.07, 6.45) is 5.53. The zero-order valence-corrected chi connectivity index (χ0v) is 9.93. The van der Waals surface area contributed by atoms with Gasteiger partial charge in [-0.2, -0.15) is 0 Å². The van der Waals surface area contributed by atoms with E-state index in [9.17, 15) is 0 Å². The Labute approximate surface area is 96.8 Å². The highest BCUT2D eigenvalue weighted by Crippen LogP contribution is 2.29. The summed E-state index contributed by atoms with van der Waals surface area (Å²) in [7, 11) is 0. The van der Waals surface area contributed by atoms with Crippen LogP contribution in [0.15, 0.2) is 24.3 Å². The van der Waals surface area contributed by atoms with E-state index in [4.69, 9.17) is 11.6 Å². The third-order valence-electron chi connectivity index (χ3n) is 3.33. The van der Waals surface area contributed by atoms with Gasteiger partial charge in [-0.15, -0.1) is 0 Å². The average molecular weight is 224 g/mol. The van der Waals surface area contributed by atoms with Crippen LogP contribution in [-0.2, 0) is 0 Å². The van der Waals surface area contributed by atoms with Crippen molar-refractivity contribution in [2.75, 3.05) is 5.32 Å². The van der Waals surface area contributed by atoms with Crippen molar-refractivity contribution in [3.05, 3.63) is 29.3 Å². The summed E-state index contributed by atoms with van der Waals surface area (Å²) < 4.78 is 0. The van der Waals surface area contributed by atoms with Crippen LogP contribution in [0.3, 0.4) is 0 Å².